The van der Waals surface area contributed by atoms with Crippen LogP contribution in [0.1, 0.15) is 5.76 Å². The highest BCUT2D eigenvalue weighted by molar-refractivity contribution is 6.33. The number of hydrogen-bond acceptors (Lipinski definition) is 5. The van der Waals surface area contributed by atoms with E-state index in [1.807, 2.05) is 36.4 Å². The molecule has 0 aliphatic rings. The number of hydrogen-bond donors (Lipinski definition) is 0. The number of aromatic nitrogens is 3. The van der Waals surface area contributed by atoms with Crippen molar-refractivity contribution in [2.45, 2.75) is 6.92 Å². The molecule has 2 aromatic carbocycles. The molecule has 0 spiro atoms. The van der Waals surface area contributed by atoms with Gasteiger partial charge in [0.1, 0.15) is 17.0 Å². The van der Waals surface area contributed by atoms with Crippen LogP contribution >= 0.6 is 23.2 Å². The summed E-state index contributed by atoms with van der Waals surface area (Å²) in [4.78, 5) is 4.46. The lowest BCUT2D eigenvalue weighted by atomic mass is 10.1. The van der Waals surface area contributed by atoms with Crippen LogP contribution in [0.25, 0.3) is 34.1 Å². The molecule has 0 bridgehead atoms. The average molecular weight is 372 g/mol. The maximum atomic E-state index is 6.28. The van der Waals surface area contributed by atoms with Gasteiger partial charge in [0.25, 0.3) is 5.89 Å². The van der Waals surface area contributed by atoms with Crippen LogP contribution in [0.2, 0.25) is 10.0 Å². The van der Waals surface area contributed by atoms with Crippen LogP contribution in [0.4, 0.5) is 0 Å². The molecule has 4 rings (SSSR count). The Labute approximate surface area is 153 Å². The van der Waals surface area contributed by atoms with Crippen LogP contribution in [0.5, 0.6) is 0 Å². The molecule has 0 aliphatic heterocycles. The monoisotopic (exact) mass is 371 g/mol. The molecule has 0 aliphatic carbocycles. The number of nitrogens with zero attached hydrogens (tertiary/aromatic N) is 3. The van der Waals surface area contributed by atoms with Crippen molar-refractivity contribution >= 4 is 23.2 Å². The summed E-state index contributed by atoms with van der Waals surface area (Å²) in [7, 11) is 0. The first kappa shape index (κ1) is 15.9. The number of halogens is 2. The predicted octanol–water partition coefficient (Wildman–Crippen LogP) is 5.67. The molecule has 0 radical (unpaired) electrons. The van der Waals surface area contributed by atoms with Crippen molar-refractivity contribution in [2.24, 2.45) is 0 Å². The van der Waals surface area contributed by atoms with Gasteiger partial charge in [-0.3, -0.25) is 0 Å². The van der Waals surface area contributed by atoms with E-state index in [2.05, 4.69) is 15.3 Å². The summed E-state index contributed by atoms with van der Waals surface area (Å²) in [5, 5.41) is 9.24. The Hall–Kier alpha value is -2.63. The van der Waals surface area contributed by atoms with Crippen LogP contribution in [0, 0.1) is 6.92 Å². The van der Waals surface area contributed by atoms with Gasteiger partial charge in [-0.15, -0.1) is 0 Å². The second kappa shape index (κ2) is 6.35. The molecule has 25 heavy (non-hydrogen) atoms. The van der Waals surface area contributed by atoms with E-state index in [4.69, 9.17) is 32.2 Å². The van der Waals surface area contributed by atoms with Gasteiger partial charge in [-0.25, -0.2) is 0 Å². The highest BCUT2D eigenvalue weighted by Crippen LogP contribution is 2.37. The Morgan fingerprint density at radius 1 is 0.800 bits per heavy atom. The molecule has 4 aromatic rings. The van der Waals surface area contributed by atoms with E-state index in [0.717, 1.165) is 5.56 Å². The first-order valence-electron chi connectivity index (χ1n) is 7.45. The van der Waals surface area contributed by atoms with Gasteiger partial charge in [-0.05, 0) is 25.1 Å². The summed E-state index contributed by atoms with van der Waals surface area (Å²) in [6, 6.07) is 14.7. The average Bonchev–Trinajstić information content (AvgIpc) is 3.22. The highest BCUT2D eigenvalue weighted by Gasteiger charge is 2.24. The smallest absolute Gasteiger partial charge is 0.264 e. The predicted molar refractivity (Wildman–Crippen MR) is 95.4 cm³/mol. The lowest BCUT2D eigenvalue weighted by Gasteiger charge is -2.01. The van der Waals surface area contributed by atoms with E-state index in [9.17, 15) is 0 Å². The molecule has 0 fully saturated rings. The molecule has 0 saturated carbocycles. The Bertz CT molecular complexity index is 1060. The van der Waals surface area contributed by atoms with E-state index < -0.39 is 0 Å². The van der Waals surface area contributed by atoms with Crippen LogP contribution in [0.15, 0.2) is 57.6 Å². The molecule has 7 heteroatoms. The maximum Gasteiger partial charge on any atom is 0.264 e. The Kier molecular flexibility index (Phi) is 4.03. The molecule has 2 heterocycles. The van der Waals surface area contributed by atoms with Crippen molar-refractivity contribution in [1.29, 1.82) is 0 Å². The van der Waals surface area contributed by atoms with Gasteiger partial charge in [-0.1, -0.05) is 63.8 Å². The third kappa shape index (κ3) is 2.81. The second-order valence-electron chi connectivity index (χ2n) is 5.35. The first-order chi connectivity index (χ1) is 12.1. The molecular formula is C18H11Cl2N3O2. The fraction of sp³-hybridized carbons (Fsp3) is 0.0556. The molecule has 124 valence electrons. The minimum Gasteiger partial charge on any atom is -0.360 e. The molecule has 2 aromatic heterocycles. The van der Waals surface area contributed by atoms with Gasteiger partial charge >= 0.3 is 0 Å². The van der Waals surface area contributed by atoms with Crippen LogP contribution in [0.3, 0.4) is 0 Å². The van der Waals surface area contributed by atoms with Gasteiger partial charge in [0.05, 0.1) is 10.0 Å². The molecule has 5 nitrogen and oxygen atoms in total. The Balaban J connectivity index is 1.84. The van der Waals surface area contributed by atoms with Crippen LogP contribution in [-0.2, 0) is 0 Å². The van der Waals surface area contributed by atoms with E-state index in [-0.39, 0.29) is 0 Å². The number of rotatable bonds is 3. The number of benzene rings is 2. The molecule has 0 atom stereocenters. The standard InChI is InChI=1S/C18H11Cl2N3O2/c1-10-15(16(22-24-10)11-6-2-4-8-13(11)19)18-21-17(23-25-18)12-7-3-5-9-14(12)20/h2-9H,1H3. The van der Waals surface area contributed by atoms with Gasteiger partial charge in [0.15, 0.2) is 0 Å². The summed E-state index contributed by atoms with van der Waals surface area (Å²) in [6.07, 6.45) is 0. The lowest BCUT2D eigenvalue weighted by Crippen LogP contribution is -1.86. The zero-order valence-corrected chi connectivity index (χ0v) is 14.5. The lowest BCUT2D eigenvalue weighted by molar-refractivity contribution is 0.397. The van der Waals surface area contributed by atoms with E-state index >= 15 is 0 Å². The van der Waals surface area contributed by atoms with Crippen LogP contribution in [-0.4, -0.2) is 15.3 Å². The third-order valence-corrected chi connectivity index (χ3v) is 4.41. The van der Waals surface area contributed by atoms with Gasteiger partial charge in [0.2, 0.25) is 5.82 Å². The summed E-state index contributed by atoms with van der Waals surface area (Å²) in [6.45, 7) is 1.78. The Morgan fingerprint density at radius 3 is 2.12 bits per heavy atom. The normalized spacial score (nSPS) is 11.0. The summed E-state index contributed by atoms with van der Waals surface area (Å²) >= 11 is 12.5. The molecule has 0 N–H and O–H groups in total. The molecular weight excluding hydrogens is 361 g/mol. The van der Waals surface area contributed by atoms with Crippen molar-refractivity contribution in [1.82, 2.24) is 15.3 Å². The maximum absolute atomic E-state index is 6.28. The topological polar surface area (TPSA) is 65.0 Å². The summed E-state index contributed by atoms with van der Waals surface area (Å²) < 4.78 is 10.8. The molecule has 0 saturated heterocycles. The van der Waals surface area contributed by atoms with Crippen molar-refractivity contribution in [2.75, 3.05) is 0 Å². The Morgan fingerprint density at radius 2 is 1.44 bits per heavy atom. The van der Waals surface area contributed by atoms with Crippen molar-refractivity contribution in [3.05, 3.63) is 64.3 Å². The zero-order valence-electron chi connectivity index (χ0n) is 13.0. The van der Waals surface area contributed by atoms with Crippen molar-refractivity contribution in [3.8, 4) is 34.1 Å². The second-order valence-corrected chi connectivity index (χ2v) is 6.16. The highest BCUT2D eigenvalue weighted by atomic mass is 35.5. The quantitative estimate of drug-likeness (QED) is 0.463. The largest absolute Gasteiger partial charge is 0.360 e. The van der Waals surface area contributed by atoms with E-state index in [0.29, 0.717) is 44.3 Å². The van der Waals surface area contributed by atoms with Gasteiger partial charge in [-0.2, -0.15) is 4.98 Å². The van der Waals surface area contributed by atoms with Gasteiger partial charge < -0.3 is 9.05 Å². The summed E-state index contributed by atoms with van der Waals surface area (Å²) in [5.74, 6) is 1.25. The zero-order chi connectivity index (χ0) is 17.4. The van der Waals surface area contributed by atoms with Crippen LogP contribution < -0.4 is 0 Å². The number of aryl methyl sites for hydroxylation is 1. The minimum absolute atomic E-state index is 0.295. The fourth-order valence-electron chi connectivity index (χ4n) is 2.54. The van der Waals surface area contributed by atoms with Gasteiger partial charge in [0, 0.05) is 11.1 Å². The minimum atomic E-state index is 0.295. The van der Waals surface area contributed by atoms with Crippen molar-refractivity contribution < 1.29 is 9.05 Å². The molecule has 0 unspecified atom stereocenters. The first-order valence-corrected chi connectivity index (χ1v) is 8.21. The van der Waals surface area contributed by atoms with E-state index in [1.54, 1.807) is 19.1 Å². The molecule has 0 amide bonds. The summed E-state index contributed by atoms with van der Waals surface area (Å²) in [5.41, 5.74) is 2.58. The fourth-order valence-corrected chi connectivity index (χ4v) is 2.98. The SMILES string of the molecule is Cc1onc(-c2ccccc2Cl)c1-c1nc(-c2ccccc2Cl)no1. The van der Waals surface area contributed by atoms with E-state index in [1.165, 1.54) is 0 Å². The van der Waals surface area contributed by atoms with Crippen molar-refractivity contribution in [3.63, 3.8) is 0 Å². The third-order valence-electron chi connectivity index (χ3n) is 3.75.